The molecular formula is C27H34N8O2S. The fraction of sp³-hybridized carbons (Fsp3) is 0.370. The summed E-state index contributed by atoms with van der Waals surface area (Å²) >= 11 is 1.53. The van der Waals surface area contributed by atoms with Crippen molar-refractivity contribution in [1.82, 2.24) is 39.7 Å². The lowest BCUT2D eigenvalue weighted by atomic mass is 10.1. The summed E-state index contributed by atoms with van der Waals surface area (Å²) in [7, 11) is 5.56. The molecule has 0 fully saturated rings. The zero-order valence-electron chi connectivity index (χ0n) is 22.3. The van der Waals surface area contributed by atoms with E-state index in [1.165, 1.54) is 11.3 Å². The molecule has 11 heteroatoms. The molecular weight excluding hydrogens is 500 g/mol. The van der Waals surface area contributed by atoms with Gasteiger partial charge in [0.15, 0.2) is 0 Å². The van der Waals surface area contributed by atoms with Gasteiger partial charge in [-0.2, -0.15) is 10.2 Å². The first-order chi connectivity index (χ1) is 18.3. The summed E-state index contributed by atoms with van der Waals surface area (Å²) in [5.41, 5.74) is 4.17. The van der Waals surface area contributed by atoms with Crippen molar-refractivity contribution in [3.8, 4) is 0 Å². The lowest BCUT2D eigenvalue weighted by molar-refractivity contribution is 0.0785. The Balaban J connectivity index is 1.29. The highest BCUT2D eigenvalue weighted by Gasteiger charge is 2.16. The molecule has 1 aromatic carbocycles. The number of aromatic nitrogens is 5. The normalized spacial score (nSPS) is 11.2. The number of thiazole rings is 1. The molecule has 0 unspecified atom stereocenters. The standard InChI is InChI=1S/C27H34N8O2S/c1-20-19-38-25(31-20)18-32(2)27(37)24-8-5-7-23(11-24)26(36)28-9-6-10-35(16-21-12-29-33(3)14-21)17-22-13-30-34(4)15-22/h5,7-8,11-15,19H,6,9-10,16-18H2,1-4H3,(H,28,36). The zero-order chi connectivity index (χ0) is 27.1. The van der Waals surface area contributed by atoms with Crippen molar-refractivity contribution in [2.75, 3.05) is 20.1 Å². The first-order valence-corrected chi connectivity index (χ1v) is 13.4. The smallest absolute Gasteiger partial charge is 0.253 e. The highest BCUT2D eigenvalue weighted by Crippen LogP contribution is 2.14. The van der Waals surface area contributed by atoms with Gasteiger partial charge in [-0.25, -0.2) is 4.98 Å². The number of carbonyl (C=O) groups excluding carboxylic acids is 2. The number of aryl methyl sites for hydroxylation is 3. The molecule has 0 aliphatic heterocycles. The van der Waals surface area contributed by atoms with Crippen molar-refractivity contribution in [2.24, 2.45) is 14.1 Å². The number of nitrogens with one attached hydrogen (secondary N) is 1. The number of amides is 2. The van der Waals surface area contributed by atoms with E-state index in [2.05, 4.69) is 25.4 Å². The molecule has 38 heavy (non-hydrogen) atoms. The Morgan fingerprint density at radius 3 is 2.24 bits per heavy atom. The minimum Gasteiger partial charge on any atom is -0.352 e. The minimum atomic E-state index is -0.191. The van der Waals surface area contributed by atoms with Crippen molar-refractivity contribution < 1.29 is 9.59 Å². The average molecular weight is 535 g/mol. The predicted molar refractivity (Wildman–Crippen MR) is 147 cm³/mol. The summed E-state index contributed by atoms with van der Waals surface area (Å²) in [5.74, 6) is -0.335. The van der Waals surface area contributed by atoms with Crippen molar-refractivity contribution in [1.29, 1.82) is 0 Å². The second-order valence-electron chi connectivity index (χ2n) is 9.49. The van der Waals surface area contributed by atoms with Gasteiger partial charge in [-0.1, -0.05) is 6.07 Å². The van der Waals surface area contributed by atoms with Gasteiger partial charge in [0.1, 0.15) is 5.01 Å². The zero-order valence-corrected chi connectivity index (χ0v) is 23.1. The number of benzene rings is 1. The van der Waals surface area contributed by atoms with Gasteiger partial charge < -0.3 is 10.2 Å². The maximum absolute atomic E-state index is 12.9. The molecule has 0 spiro atoms. The van der Waals surface area contributed by atoms with Gasteiger partial charge in [-0.15, -0.1) is 11.3 Å². The molecule has 3 heterocycles. The van der Waals surface area contributed by atoms with Crippen LogP contribution in [0.3, 0.4) is 0 Å². The van der Waals surface area contributed by atoms with Crippen LogP contribution in [0.4, 0.5) is 0 Å². The number of hydrogen-bond donors (Lipinski definition) is 1. The Labute approximate surface area is 226 Å². The molecule has 4 rings (SSSR count). The van der Waals surface area contributed by atoms with Crippen molar-refractivity contribution in [3.63, 3.8) is 0 Å². The first kappa shape index (κ1) is 27.2. The SMILES string of the molecule is Cc1csc(CN(C)C(=O)c2cccc(C(=O)NCCCN(Cc3cnn(C)c3)Cc3cnn(C)c3)c2)n1. The summed E-state index contributed by atoms with van der Waals surface area (Å²) in [6, 6.07) is 6.86. The quantitative estimate of drug-likeness (QED) is 0.281. The summed E-state index contributed by atoms with van der Waals surface area (Å²) in [6.07, 6.45) is 8.56. The predicted octanol–water partition coefficient (Wildman–Crippen LogP) is 3.01. The molecule has 0 saturated heterocycles. The van der Waals surface area contributed by atoms with E-state index in [9.17, 15) is 9.59 Å². The Kier molecular flexibility index (Phi) is 9.03. The third-order valence-electron chi connectivity index (χ3n) is 6.02. The Hall–Kier alpha value is -3.83. The molecule has 0 bridgehead atoms. The van der Waals surface area contributed by atoms with Crippen LogP contribution in [0.15, 0.2) is 54.4 Å². The number of carbonyl (C=O) groups is 2. The lowest BCUT2D eigenvalue weighted by Crippen LogP contribution is -2.30. The average Bonchev–Trinajstić information content (AvgIpc) is 3.62. The maximum Gasteiger partial charge on any atom is 0.253 e. The maximum atomic E-state index is 12.9. The van der Waals surface area contributed by atoms with E-state index in [1.54, 1.807) is 45.6 Å². The van der Waals surface area contributed by atoms with Gasteiger partial charge in [-0.3, -0.25) is 23.9 Å². The fourth-order valence-electron chi connectivity index (χ4n) is 4.21. The van der Waals surface area contributed by atoms with Crippen LogP contribution < -0.4 is 5.32 Å². The molecule has 3 aromatic heterocycles. The molecule has 0 radical (unpaired) electrons. The third kappa shape index (κ3) is 7.59. The van der Waals surface area contributed by atoms with E-state index in [0.717, 1.165) is 47.9 Å². The van der Waals surface area contributed by atoms with Crippen LogP contribution in [0.5, 0.6) is 0 Å². The highest BCUT2D eigenvalue weighted by molar-refractivity contribution is 7.09. The molecule has 1 N–H and O–H groups in total. The summed E-state index contributed by atoms with van der Waals surface area (Å²) in [6.45, 7) is 5.20. The van der Waals surface area contributed by atoms with Gasteiger partial charge in [-0.05, 0) is 31.5 Å². The van der Waals surface area contributed by atoms with Crippen LogP contribution in [0.25, 0.3) is 0 Å². The second kappa shape index (κ2) is 12.6. The molecule has 2 amide bonds. The van der Waals surface area contributed by atoms with Crippen LogP contribution >= 0.6 is 11.3 Å². The third-order valence-corrected chi connectivity index (χ3v) is 6.97. The molecule has 200 valence electrons. The van der Waals surface area contributed by atoms with Crippen LogP contribution in [0.2, 0.25) is 0 Å². The topological polar surface area (TPSA) is 101 Å². The summed E-state index contributed by atoms with van der Waals surface area (Å²) in [4.78, 5) is 34.1. The number of nitrogens with zero attached hydrogens (tertiary/aromatic N) is 7. The first-order valence-electron chi connectivity index (χ1n) is 12.5. The van der Waals surface area contributed by atoms with Gasteiger partial charge in [0.2, 0.25) is 0 Å². The highest BCUT2D eigenvalue weighted by atomic mass is 32.1. The van der Waals surface area contributed by atoms with Gasteiger partial charge >= 0.3 is 0 Å². The molecule has 0 aliphatic carbocycles. The summed E-state index contributed by atoms with van der Waals surface area (Å²) in [5, 5.41) is 14.4. The Bertz CT molecular complexity index is 1330. The molecule has 0 atom stereocenters. The number of hydrogen-bond acceptors (Lipinski definition) is 7. The largest absolute Gasteiger partial charge is 0.352 e. The van der Waals surface area contributed by atoms with E-state index < -0.39 is 0 Å². The monoisotopic (exact) mass is 534 g/mol. The number of rotatable bonds is 12. The van der Waals surface area contributed by atoms with Crippen LogP contribution in [-0.4, -0.2) is 66.3 Å². The van der Waals surface area contributed by atoms with Crippen molar-refractivity contribution >= 4 is 23.2 Å². The van der Waals surface area contributed by atoms with Gasteiger partial charge in [0.25, 0.3) is 11.8 Å². The summed E-state index contributed by atoms with van der Waals surface area (Å²) < 4.78 is 3.60. The minimum absolute atomic E-state index is 0.144. The van der Waals surface area contributed by atoms with Gasteiger partial charge in [0, 0.05) is 93.0 Å². The van der Waals surface area contributed by atoms with Crippen LogP contribution in [-0.2, 0) is 33.7 Å². The van der Waals surface area contributed by atoms with Crippen LogP contribution in [0, 0.1) is 6.92 Å². The Morgan fingerprint density at radius 1 is 1.00 bits per heavy atom. The molecule has 4 aromatic rings. The second-order valence-corrected chi connectivity index (χ2v) is 10.4. The Morgan fingerprint density at radius 2 is 1.66 bits per heavy atom. The fourth-order valence-corrected chi connectivity index (χ4v) is 5.03. The van der Waals surface area contributed by atoms with Crippen molar-refractivity contribution in [2.45, 2.75) is 33.0 Å². The van der Waals surface area contributed by atoms with Gasteiger partial charge in [0.05, 0.1) is 18.9 Å². The molecule has 0 aliphatic rings. The van der Waals surface area contributed by atoms with E-state index in [4.69, 9.17) is 0 Å². The lowest BCUT2D eigenvalue weighted by Gasteiger charge is -2.21. The van der Waals surface area contributed by atoms with E-state index in [0.29, 0.717) is 24.2 Å². The van der Waals surface area contributed by atoms with E-state index in [1.807, 2.05) is 51.2 Å². The van der Waals surface area contributed by atoms with Crippen LogP contribution in [0.1, 0.15) is 49.0 Å². The van der Waals surface area contributed by atoms with E-state index >= 15 is 0 Å². The van der Waals surface area contributed by atoms with Crippen molar-refractivity contribution in [3.05, 3.63) is 87.4 Å². The van der Waals surface area contributed by atoms with E-state index in [-0.39, 0.29) is 11.8 Å². The molecule has 0 saturated carbocycles. The molecule has 10 nitrogen and oxygen atoms in total.